The first-order valence-corrected chi connectivity index (χ1v) is 17.9. The second-order valence-electron chi connectivity index (χ2n) is 10.8. The highest BCUT2D eigenvalue weighted by atomic mass is 28.3. The van der Waals surface area contributed by atoms with Crippen LogP contribution in [0.15, 0.2) is 18.2 Å². The highest BCUT2D eigenvalue weighted by Crippen LogP contribution is 2.25. The maximum atomic E-state index is 6.16. The molecule has 34 heavy (non-hydrogen) atoms. The maximum absolute atomic E-state index is 6.16. The molecule has 1 aromatic carbocycles. The van der Waals surface area contributed by atoms with E-state index >= 15 is 0 Å². The summed E-state index contributed by atoms with van der Waals surface area (Å²) in [5.74, 6) is 5.25. The van der Waals surface area contributed by atoms with Crippen LogP contribution in [0.4, 0.5) is 0 Å². The molecule has 0 radical (unpaired) electrons. The van der Waals surface area contributed by atoms with E-state index in [1.165, 1.54) is 89.9 Å². The molecule has 0 aliphatic rings. The molecule has 0 N–H and O–H groups in total. The molecule has 0 aromatic heterocycles. The predicted octanol–water partition coefficient (Wildman–Crippen LogP) is 9.95. The van der Waals surface area contributed by atoms with Crippen LogP contribution in [0.25, 0.3) is 0 Å². The minimum atomic E-state index is -1.45. The van der Waals surface area contributed by atoms with Crippen molar-refractivity contribution in [2.45, 2.75) is 136 Å². The molecule has 3 heteroatoms. The molecule has 0 unspecified atom stereocenters. The summed E-state index contributed by atoms with van der Waals surface area (Å²) in [5, 5.41) is 0. The molecular formula is C31H54O2Si. The Morgan fingerprint density at radius 2 is 1.09 bits per heavy atom. The van der Waals surface area contributed by atoms with Crippen molar-refractivity contribution in [3.63, 3.8) is 0 Å². The van der Waals surface area contributed by atoms with Crippen molar-refractivity contribution >= 4 is 8.07 Å². The third kappa shape index (κ3) is 17.1. The van der Waals surface area contributed by atoms with Gasteiger partial charge in [0.1, 0.15) is 19.6 Å². The van der Waals surface area contributed by atoms with E-state index < -0.39 is 8.07 Å². The van der Waals surface area contributed by atoms with Gasteiger partial charge in [-0.1, -0.05) is 129 Å². The summed E-state index contributed by atoms with van der Waals surface area (Å²) < 4.78 is 12.2. The molecule has 0 aliphatic heterocycles. The normalized spacial score (nSPS) is 11.2. The van der Waals surface area contributed by atoms with Gasteiger partial charge in [-0.25, -0.2) is 0 Å². The average molecular weight is 487 g/mol. The van der Waals surface area contributed by atoms with E-state index in [1.807, 2.05) is 6.07 Å². The van der Waals surface area contributed by atoms with Gasteiger partial charge in [0.15, 0.2) is 0 Å². The first-order valence-electron chi connectivity index (χ1n) is 14.4. The van der Waals surface area contributed by atoms with Crippen LogP contribution in [0, 0.1) is 11.5 Å². The van der Waals surface area contributed by atoms with Crippen LogP contribution in [0.2, 0.25) is 19.6 Å². The fourth-order valence-electron chi connectivity index (χ4n) is 3.92. The molecule has 0 bridgehead atoms. The van der Waals surface area contributed by atoms with Crippen LogP contribution in [0.3, 0.4) is 0 Å². The van der Waals surface area contributed by atoms with Crippen molar-refractivity contribution in [1.82, 2.24) is 0 Å². The van der Waals surface area contributed by atoms with Gasteiger partial charge in [0.25, 0.3) is 0 Å². The smallest absolute Gasteiger partial charge is 0.135 e. The van der Waals surface area contributed by atoms with Gasteiger partial charge in [-0.2, -0.15) is 0 Å². The molecule has 0 atom stereocenters. The van der Waals surface area contributed by atoms with Gasteiger partial charge in [0.2, 0.25) is 0 Å². The molecule has 0 fully saturated rings. The van der Waals surface area contributed by atoms with Crippen LogP contribution >= 0.6 is 0 Å². The number of unbranched alkanes of at least 4 members (excludes halogenated alkanes) is 14. The van der Waals surface area contributed by atoms with E-state index in [0.717, 1.165) is 43.1 Å². The fourth-order valence-corrected chi connectivity index (χ4v) is 4.43. The second kappa shape index (κ2) is 19.9. The van der Waals surface area contributed by atoms with Crippen LogP contribution < -0.4 is 9.47 Å². The van der Waals surface area contributed by atoms with E-state index in [9.17, 15) is 0 Å². The Balaban J connectivity index is 2.44. The van der Waals surface area contributed by atoms with Gasteiger partial charge in [-0.05, 0) is 31.0 Å². The van der Waals surface area contributed by atoms with Crippen molar-refractivity contribution in [3.8, 4) is 23.0 Å². The number of rotatable bonds is 20. The lowest BCUT2D eigenvalue weighted by Gasteiger charge is -2.12. The second-order valence-corrected chi connectivity index (χ2v) is 15.6. The largest absolute Gasteiger partial charge is 0.494 e. The molecule has 1 rings (SSSR count). The first kappa shape index (κ1) is 30.6. The SMILES string of the molecule is CCCCCCCCCCOc1ccc(OCCCCCCCCCC)c(C#C[Si](C)(C)C)c1. The Labute approximate surface area is 213 Å². The van der Waals surface area contributed by atoms with Crippen molar-refractivity contribution in [2.75, 3.05) is 13.2 Å². The quantitative estimate of drug-likeness (QED) is 0.104. The molecule has 0 saturated heterocycles. The van der Waals surface area contributed by atoms with E-state index in [2.05, 4.69) is 57.1 Å². The molecule has 0 amide bonds. The minimum absolute atomic E-state index is 0.773. The minimum Gasteiger partial charge on any atom is -0.494 e. The Hall–Kier alpha value is -1.40. The van der Waals surface area contributed by atoms with Gasteiger partial charge in [-0.15, -0.1) is 5.54 Å². The summed E-state index contributed by atoms with van der Waals surface area (Å²) in [5.41, 5.74) is 4.48. The van der Waals surface area contributed by atoms with Gasteiger partial charge in [-0.3, -0.25) is 0 Å². The Kier molecular flexibility index (Phi) is 17.9. The summed E-state index contributed by atoms with van der Waals surface area (Å²) in [6.45, 7) is 12.9. The van der Waals surface area contributed by atoms with Gasteiger partial charge >= 0.3 is 0 Å². The Morgan fingerprint density at radius 1 is 0.618 bits per heavy atom. The first-order chi connectivity index (χ1) is 16.5. The monoisotopic (exact) mass is 486 g/mol. The van der Waals surface area contributed by atoms with Crippen LogP contribution in [-0.2, 0) is 0 Å². The number of benzene rings is 1. The molecule has 0 spiro atoms. The number of hydrogen-bond donors (Lipinski definition) is 0. The summed E-state index contributed by atoms with van der Waals surface area (Å²) in [7, 11) is -1.45. The molecule has 0 aliphatic carbocycles. The third-order valence-corrected chi connectivity index (χ3v) is 6.92. The summed E-state index contributed by atoms with van der Waals surface area (Å²) in [4.78, 5) is 0. The number of hydrogen-bond acceptors (Lipinski definition) is 2. The fraction of sp³-hybridized carbons (Fsp3) is 0.742. The molecule has 0 saturated carbocycles. The lowest BCUT2D eigenvalue weighted by Crippen LogP contribution is -2.16. The molecule has 0 heterocycles. The highest BCUT2D eigenvalue weighted by molar-refractivity contribution is 6.83. The van der Waals surface area contributed by atoms with E-state index in [4.69, 9.17) is 9.47 Å². The standard InChI is InChI=1S/C31H54O2Si/c1-6-8-10-12-14-16-18-20-25-32-30-22-23-31(29(28-30)24-27-34(3,4)5)33-26-21-19-17-15-13-11-9-7-2/h22-23,28H,6-21,25-26H2,1-5H3. The number of ether oxygens (including phenoxy) is 2. The van der Waals surface area contributed by atoms with Crippen molar-refractivity contribution in [1.29, 1.82) is 0 Å². The topological polar surface area (TPSA) is 18.5 Å². The zero-order valence-electron chi connectivity index (χ0n) is 23.3. The van der Waals surface area contributed by atoms with Gasteiger partial charge in [0, 0.05) is 0 Å². The van der Waals surface area contributed by atoms with Crippen LogP contribution in [0.1, 0.15) is 122 Å². The predicted molar refractivity (Wildman–Crippen MR) is 153 cm³/mol. The van der Waals surface area contributed by atoms with E-state index in [1.54, 1.807) is 0 Å². The van der Waals surface area contributed by atoms with Crippen molar-refractivity contribution < 1.29 is 9.47 Å². The van der Waals surface area contributed by atoms with Gasteiger partial charge < -0.3 is 9.47 Å². The van der Waals surface area contributed by atoms with Crippen molar-refractivity contribution in [2.24, 2.45) is 0 Å². The Bertz CT molecular complexity index is 681. The highest BCUT2D eigenvalue weighted by Gasteiger charge is 2.10. The van der Waals surface area contributed by atoms with Gasteiger partial charge in [0.05, 0.1) is 18.8 Å². The lowest BCUT2D eigenvalue weighted by atomic mass is 10.1. The average Bonchev–Trinajstić information content (AvgIpc) is 2.81. The molecular weight excluding hydrogens is 432 g/mol. The van der Waals surface area contributed by atoms with E-state index in [-0.39, 0.29) is 0 Å². The van der Waals surface area contributed by atoms with Crippen molar-refractivity contribution in [3.05, 3.63) is 23.8 Å². The zero-order valence-corrected chi connectivity index (χ0v) is 24.3. The summed E-state index contributed by atoms with van der Waals surface area (Å²) >= 11 is 0. The zero-order chi connectivity index (χ0) is 24.9. The maximum Gasteiger partial charge on any atom is 0.135 e. The Morgan fingerprint density at radius 3 is 1.59 bits per heavy atom. The summed E-state index contributed by atoms with van der Waals surface area (Å²) in [6.07, 6.45) is 21.1. The lowest BCUT2D eigenvalue weighted by molar-refractivity contribution is 0.295. The molecule has 1 aromatic rings. The molecule has 194 valence electrons. The van der Waals surface area contributed by atoms with Crippen LogP contribution in [0.5, 0.6) is 11.5 Å². The van der Waals surface area contributed by atoms with E-state index in [0.29, 0.717) is 0 Å². The molecule has 2 nitrogen and oxygen atoms in total. The summed E-state index contributed by atoms with van der Waals surface area (Å²) in [6, 6.07) is 6.19. The third-order valence-electron chi connectivity index (χ3n) is 6.05. The van der Waals surface area contributed by atoms with Crippen LogP contribution in [-0.4, -0.2) is 21.3 Å².